The number of rotatable bonds is 26. The number of nitrogens with zero attached hydrogens (tertiary/aromatic N) is 1. The predicted octanol–water partition coefficient (Wildman–Crippen LogP) is 9.66. The standard InChI is InChI=1S/C33H63NO2/c1-4-6-8-10-12-14-16-18-20-22-24-26-28-35-32-30-34(3)31-33(32)36-29-27-25-23-21-19-17-15-13-11-9-7-5-2/h10-13,32-33H,4-9,14-31H2,1-3H3. The van der Waals surface area contributed by atoms with Crippen LogP contribution in [0, 0.1) is 0 Å². The van der Waals surface area contributed by atoms with Crippen molar-refractivity contribution in [1.82, 2.24) is 4.90 Å². The van der Waals surface area contributed by atoms with Crippen LogP contribution < -0.4 is 0 Å². The van der Waals surface area contributed by atoms with Gasteiger partial charge in [-0.3, -0.25) is 0 Å². The topological polar surface area (TPSA) is 21.7 Å². The van der Waals surface area contributed by atoms with Gasteiger partial charge in [-0.1, -0.05) is 115 Å². The molecule has 0 amide bonds. The van der Waals surface area contributed by atoms with E-state index in [9.17, 15) is 0 Å². The zero-order valence-corrected chi connectivity index (χ0v) is 24.7. The Kier molecular flexibility index (Phi) is 24.1. The minimum absolute atomic E-state index is 0.264. The number of unbranched alkanes of at least 4 members (excludes halogenated alkanes) is 16. The summed E-state index contributed by atoms with van der Waals surface area (Å²) in [6.45, 7) is 8.35. The summed E-state index contributed by atoms with van der Waals surface area (Å²) < 4.78 is 12.5. The van der Waals surface area contributed by atoms with Crippen molar-refractivity contribution in [1.29, 1.82) is 0 Å². The molecule has 3 nitrogen and oxygen atoms in total. The highest BCUT2D eigenvalue weighted by Gasteiger charge is 2.32. The van der Waals surface area contributed by atoms with E-state index in [-0.39, 0.29) is 12.2 Å². The van der Waals surface area contributed by atoms with E-state index >= 15 is 0 Å². The van der Waals surface area contributed by atoms with Gasteiger partial charge >= 0.3 is 0 Å². The van der Waals surface area contributed by atoms with E-state index < -0.39 is 0 Å². The molecule has 1 aliphatic heterocycles. The lowest BCUT2D eigenvalue weighted by molar-refractivity contribution is -0.0481. The molecule has 2 unspecified atom stereocenters. The van der Waals surface area contributed by atoms with E-state index in [0.717, 1.165) is 26.3 Å². The van der Waals surface area contributed by atoms with Crippen LogP contribution in [-0.2, 0) is 9.47 Å². The Morgan fingerprint density at radius 3 is 1.22 bits per heavy atom. The van der Waals surface area contributed by atoms with Gasteiger partial charge in [0.2, 0.25) is 0 Å². The summed E-state index contributed by atoms with van der Waals surface area (Å²) in [6.07, 6.45) is 36.2. The lowest BCUT2D eigenvalue weighted by Crippen LogP contribution is -2.30. The number of hydrogen-bond acceptors (Lipinski definition) is 3. The van der Waals surface area contributed by atoms with Gasteiger partial charge in [-0.25, -0.2) is 0 Å². The third-order valence-electron chi connectivity index (χ3n) is 7.37. The van der Waals surface area contributed by atoms with E-state index in [1.54, 1.807) is 0 Å². The number of allylic oxidation sites excluding steroid dienone is 4. The number of ether oxygens (including phenoxy) is 2. The Balaban J connectivity index is 1.92. The maximum Gasteiger partial charge on any atom is 0.0975 e. The summed E-state index contributed by atoms with van der Waals surface area (Å²) in [5, 5.41) is 0. The lowest BCUT2D eigenvalue weighted by Gasteiger charge is -2.20. The second-order valence-electron chi connectivity index (χ2n) is 11.1. The molecular formula is C33H63NO2. The van der Waals surface area contributed by atoms with Crippen molar-refractivity contribution in [3.8, 4) is 0 Å². The molecule has 212 valence electrons. The molecule has 1 aliphatic rings. The molecule has 0 radical (unpaired) electrons. The maximum atomic E-state index is 6.26. The third kappa shape index (κ3) is 20.4. The highest BCUT2D eigenvalue weighted by Crippen LogP contribution is 2.17. The van der Waals surface area contributed by atoms with Crippen LogP contribution in [0.1, 0.15) is 142 Å². The molecule has 0 saturated carbocycles. The maximum absolute atomic E-state index is 6.26. The molecule has 0 aromatic heterocycles. The van der Waals surface area contributed by atoms with Crippen LogP contribution in [0.15, 0.2) is 24.3 Å². The fraction of sp³-hybridized carbons (Fsp3) is 0.879. The van der Waals surface area contributed by atoms with Crippen molar-refractivity contribution in [2.45, 2.75) is 154 Å². The van der Waals surface area contributed by atoms with Crippen molar-refractivity contribution in [3.63, 3.8) is 0 Å². The van der Waals surface area contributed by atoms with Gasteiger partial charge in [-0.2, -0.15) is 0 Å². The highest BCUT2D eigenvalue weighted by molar-refractivity contribution is 4.84. The molecule has 1 rings (SSSR count). The second-order valence-corrected chi connectivity index (χ2v) is 11.1. The fourth-order valence-electron chi connectivity index (χ4n) is 4.97. The van der Waals surface area contributed by atoms with E-state index in [2.05, 4.69) is 50.1 Å². The minimum Gasteiger partial charge on any atom is -0.374 e. The van der Waals surface area contributed by atoms with Crippen LogP contribution in [-0.4, -0.2) is 50.5 Å². The zero-order valence-electron chi connectivity index (χ0n) is 24.7. The SMILES string of the molecule is CCCCC=CCCCCCCCCOC1CN(C)CC1OCCCCCCCCC=CCCCC. The first-order valence-corrected chi connectivity index (χ1v) is 16.0. The number of likely N-dealkylation sites (N-methyl/N-ethyl adjacent to an activating group) is 1. The first-order chi connectivity index (χ1) is 17.8. The highest BCUT2D eigenvalue weighted by atomic mass is 16.5. The zero-order chi connectivity index (χ0) is 25.9. The van der Waals surface area contributed by atoms with Crippen LogP contribution in [0.2, 0.25) is 0 Å². The largest absolute Gasteiger partial charge is 0.374 e. The van der Waals surface area contributed by atoms with Gasteiger partial charge in [0.25, 0.3) is 0 Å². The molecule has 1 saturated heterocycles. The van der Waals surface area contributed by atoms with Crippen molar-refractivity contribution < 1.29 is 9.47 Å². The fourth-order valence-corrected chi connectivity index (χ4v) is 4.97. The van der Waals surface area contributed by atoms with Gasteiger partial charge in [0.05, 0.1) is 12.2 Å². The van der Waals surface area contributed by atoms with Gasteiger partial charge in [0.1, 0.15) is 0 Å². The van der Waals surface area contributed by atoms with Crippen molar-refractivity contribution in [3.05, 3.63) is 24.3 Å². The normalized spacial score (nSPS) is 18.9. The van der Waals surface area contributed by atoms with Crippen molar-refractivity contribution >= 4 is 0 Å². The Bertz CT molecular complexity index is 460. The molecule has 0 aliphatic carbocycles. The monoisotopic (exact) mass is 505 g/mol. The lowest BCUT2D eigenvalue weighted by atomic mass is 10.1. The van der Waals surface area contributed by atoms with Crippen LogP contribution in [0.3, 0.4) is 0 Å². The van der Waals surface area contributed by atoms with E-state index in [0.29, 0.717) is 0 Å². The Morgan fingerprint density at radius 2 is 0.833 bits per heavy atom. The Morgan fingerprint density at radius 1 is 0.500 bits per heavy atom. The predicted molar refractivity (Wildman–Crippen MR) is 159 cm³/mol. The molecule has 0 N–H and O–H groups in total. The summed E-state index contributed by atoms with van der Waals surface area (Å²) in [4.78, 5) is 2.36. The average Bonchev–Trinajstić information content (AvgIpc) is 3.23. The van der Waals surface area contributed by atoms with E-state index in [1.807, 2.05) is 0 Å². The third-order valence-corrected chi connectivity index (χ3v) is 7.37. The molecule has 1 heterocycles. The molecule has 2 atom stereocenters. The van der Waals surface area contributed by atoms with Gasteiger partial charge in [-0.15, -0.1) is 0 Å². The Hall–Kier alpha value is -0.640. The molecule has 0 aromatic rings. The number of hydrogen-bond donors (Lipinski definition) is 0. The molecule has 0 aromatic carbocycles. The summed E-state index contributed by atoms with van der Waals surface area (Å²) in [6, 6.07) is 0. The molecular weight excluding hydrogens is 442 g/mol. The molecule has 3 heteroatoms. The van der Waals surface area contributed by atoms with Gasteiger partial charge in [-0.05, 0) is 58.4 Å². The summed E-state index contributed by atoms with van der Waals surface area (Å²) >= 11 is 0. The summed E-state index contributed by atoms with van der Waals surface area (Å²) in [5.74, 6) is 0. The van der Waals surface area contributed by atoms with Crippen LogP contribution in [0.4, 0.5) is 0 Å². The quantitative estimate of drug-likeness (QED) is 0.0862. The molecule has 36 heavy (non-hydrogen) atoms. The van der Waals surface area contributed by atoms with Crippen molar-refractivity contribution in [2.24, 2.45) is 0 Å². The van der Waals surface area contributed by atoms with Gasteiger partial charge in [0, 0.05) is 26.3 Å². The van der Waals surface area contributed by atoms with Gasteiger partial charge < -0.3 is 14.4 Å². The average molecular weight is 506 g/mol. The first kappa shape index (κ1) is 33.4. The molecule has 0 spiro atoms. The van der Waals surface area contributed by atoms with E-state index in [4.69, 9.17) is 9.47 Å². The Labute approximate surface area is 226 Å². The second kappa shape index (κ2) is 26.0. The minimum atomic E-state index is 0.264. The van der Waals surface area contributed by atoms with Crippen LogP contribution >= 0.6 is 0 Å². The van der Waals surface area contributed by atoms with Crippen LogP contribution in [0.5, 0.6) is 0 Å². The molecule has 1 fully saturated rings. The number of likely N-dealkylation sites (tertiary alicyclic amines) is 1. The smallest absolute Gasteiger partial charge is 0.0975 e. The summed E-state index contributed by atoms with van der Waals surface area (Å²) in [7, 11) is 2.19. The first-order valence-electron chi connectivity index (χ1n) is 16.0. The van der Waals surface area contributed by atoms with Gasteiger partial charge in [0.15, 0.2) is 0 Å². The van der Waals surface area contributed by atoms with Crippen LogP contribution in [0.25, 0.3) is 0 Å². The molecule has 0 bridgehead atoms. The van der Waals surface area contributed by atoms with E-state index in [1.165, 1.54) is 128 Å². The summed E-state index contributed by atoms with van der Waals surface area (Å²) in [5.41, 5.74) is 0. The van der Waals surface area contributed by atoms with Crippen molar-refractivity contribution in [2.75, 3.05) is 33.4 Å².